The Morgan fingerprint density at radius 2 is 1.93 bits per heavy atom. The molecule has 0 radical (unpaired) electrons. The van der Waals surface area contributed by atoms with Crippen LogP contribution in [0.5, 0.6) is 0 Å². The first kappa shape index (κ1) is 20.1. The van der Waals surface area contributed by atoms with Gasteiger partial charge >= 0.3 is 0 Å². The number of benzene rings is 2. The van der Waals surface area contributed by atoms with Gasteiger partial charge in [-0.3, -0.25) is 9.98 Å². The van der Waals surface area contributed by atoms with Crippen molar-refractivity contribution < 1.29 is 4.39 Å². The Bertz CT molecular complexity index is 953. The Labute approximate surface area is 169 Å². The Balaban J connectivity index is 1.57. The molecular formula is C22H25FN4S. The molecular weight excluding hydrogens is 371 g/mol. The van der Waals surface area contributed by atoms with Crippen LogP contribution in [0.3, 0.4) is 0 Å². The number of halogens is 1. The molecule has 0 unspecified atom stereocenters. The van der Waals surface area contributed by atoms with Gasteiger partial charge in [-0.1, -0.05) is 30.3 Å². The van der Waals surface area contributed by atoms with Crippen molar-refractivity contribution in [2.45, 2.75) is 18.7 Å². The summed E-state index contributed by atoms with van der Waals surface area (Å²) in [6.07, 6.45) is 4.70. The fraction of sp³-hybridized carbons (Fsp3) is 0.273. The van der Waals surface area contributed by atoms with Crippen LogP contribution in [-0.4, -0.2) is 30.8 Å². The Hall–Kier alpha value is -2.60. The van der Waals surface area contributed by atoms with E-state index in [4.69, 9.17) is 0 Å². The minimum Gasteiger partial charge on any atom is -0.356 e. The summed E-state index contributed by atoms with van der Waals surface area (Å²) in [7, 11) is 1.75. The summed E-state index contributed by atoms with van der Waals surface area (Å²) < 4.78 is 13.5. The fourth-order valence-electron chi connectivity index (χ4n) is 3.14. The van der Waals surface area contributed by atoms with Crippen LogP contribution < -0.4 is 10.6 Å². The molecule has 146 valence electrons. The van der Waals surface area contributed by atoms with Crippen molar-refractivity contribution in [3.05, 3.63) is 77.2 Å². The van der Waals surface area contributed by atoms with Crippen LogP contribution in [0.2, 0.25) is 0 Å². The summed E-state index contributed by atoms with van der Waals surface area (Å²) in [5.41, 5.74) is 4.35. The second kappa shape index (κ2) is 10.1. The van der Waals surface area contributed by atoms with Gasteiger partial charge in [0.15, 0.2) is 5.96 Å². The highest BCUT2D eigenvalue weighted by Gasteiger charge is 2.06. The lowest BCUT2D eigenvalue weighted by molar-refractivity contribution is 0.625. The third kappa shape index (κ3) is 5.23. The molecule has 0 saturated carbocycles. The zero-order chi connectivity index (χ0) is 19.8. The van der Waals surface area contributed by atoms with Gasteiger partial charge in [0.25, 0.3) is 0 Å². The van der Waals surface area contributed by atoms with E-state index in [0.29, 0.717) is 6.54 Å². The molecule has 6 heteroatoms. The molecule has 0 aliphatic heterocycles. The monoisotopic (exact) mass is 396 g/mol. The summed E-state index contributed by atoms with van der Waals surface area (Å²) in [6.45, 7) is 1.35. The Morgan fingerprint density at radius 1 is 1.07 bits per heavy atom. The van der Waals surface area contributed by atoms with Gasteiger partial charge in [-0.05, 0) is 47.6 Å². The molecule has 0 fully saturated rings. The smallest absolute Gasteiger partial charge is 0.191 e. The van der Waals surface area contributed by atoms with Crippen molar-refractivity contribution in [2.75, 3.05) is 19.8 Å². The van der Waals surface area contributed by atoms with Crippen LogP contribution in [0.4, 0.5) is 4.39 Å². The highest BCUT2D eigenvalue weighted by atomic mass is 32.2. The number of aromatic nitrogens is 1. The number of guanidine groups is 1. The molecule has 28 heavy (non-hydrogen) atoms. The number of para-hydroxylation sites is 1. The molecule has 1 aromatic heterocycles. The maximum absolute atomic E-state index is 13.5. The zero-order valence-electron chi connectivity index (χ0n) is 16.2. The van der Waals surface area contributed by atoms with E-state index < -0.39 is 0 Å². The third-order valence-electron chi connectivity index (χ3n) is 4.54. The second-order valence-electron chi connectivity index (χ2n) is 6.44. The molecule has 3 aromatic rings. The fourth-order valence-corrected chi connectivity index (χ4v) is 3.72. The molecule has 3 rings (SSSR count). The first-order chi connectivity index (χ1) is 13.7. The predicted octanol–water partition coefficient (Wildman–Crippen LogP) is 4.14. The van der Waals surface area contributed by atoms with Crippen molar-refractivity contribution in [3.63, 3.8) is 0 Å². The molecule has 0 amide bonds. The quantitative estimate of drug-likeness (QED) is 0.465. The lowest BCUT2D eigenvalue weighted by Crippen LogP contribution is -2.38. The predicted molar refractivity (Wildman–Crippen MR) is 117 cm³/mol. The third-order valence-corrected chi connectivity index (χ3v) is 5.14. The lowest BCUT2D eigenvalue weighted by Gasteiger charge is -2.14. The number of nitrogens with one attached hydrogen (secondary N) is 2. The normalized spacial score (nSPS) is 11.6. The van der Waals surface area contributed by atoms with Crippen LogP contribution in [0.1, 0.15) is 16.7 Å². The first-order valence-corrected chi connectivity index (χ1v) is 10.6. The minimum absolute atomic E-state index is 0.195. The Morgan fingerprint density at radius 3 is 2.75 bits per heavy atom. The number of hydrogen-bond acceptors (Lipinski definition) is 3. The topological polar surface area (TPSA) is 49.3 Å². The van der Waals surface area contributed by atoms with Gasteiger partial charge in [-0.2, -0.15) is 11.8 Å². The molecule has 0 bridgehead atoms. The van der Waals surface area contributed by atoms with Crippen molar-refractivity contribution in [2.24, 2.45) is 4.99 Å². The number of pyridine rings is 1. The number of hydrogen-bond donors (Lipinski definition) is 2. The lowest BCUT2D eigenvalue weighted by atomic mass is 10.1. The van der Waals surface area contributed by atoms with E-state index in [-0.39, 0.29) is 5.82 Å². The minimum atomic E-state index is -0.195. The number of nitrogens with zero attached hydrogens (tertiary/aromatic N) is 2. The van der Waals surface area contributed by atoms with Crippen molar-refractivity contribution in [3.8, 4) is 0 Å². The molecule has 1 heterocycles. The first-order valence-electron chi connectivity index (χ1n) is 9.24. The molecule has 0 aliphatic rings. The molecule has 4 nitrogen and oxygen atoms in total. The summed E-state index contributed by atoms with van der Waals surface area (Å²) in [5.74, 6) is 1.32. The van der Waals surface area contributed by atoms with Crippen LogP contribution in [-0.2, 0) is 18.7 Å². The van der Waals surface area contributed by atoms with E-state index in [1.54, 1.807) is 24.9 Å². The molecule has 0 saturated heterocycles. The van der Waals surface area contributed by atoms with E-state index in [1.807, 2.05) is 24.6 Å². The van der Waals surface area contributed by atoms with Crippen molar-refractivity contribution in [1.29, 1.82) is 0 Å². The average Bonchev–Trinajstić information content (AvgIpc) is 2.72. The summed E-state index contributed by atoms with van der Waals surface area (Å²) in [6, 6.07) is 15.2. The van der Waals surface area contributed by atoms with Gasteiger partial charge in [0.2, 0.25) is 0 Å². The number of fused-ring (bicyclic) bond motifs is 1. The molecule has 2 aromatic carbocycles. The molecule has 0 atom stereocenters. The van der Waals surface area contributed by atoms with Gasteiger partial charge in [-0.15, -0.1) is 0 Å². The Kier molecular flexibility index (Phi) is 7.25. The SMILES string of the molecule is CN=C(NCCc1cccc2cccnc12)NCc1ccc(F)cc1CSC. The van der Waals surface area contributed by atoms with E-state index in [0.717, 1.165) is 46.7 Å². The van der Waals surface area contributed by atoms with Crippen LogP contribution >= 0.6 is 11.8 Å². The van der Waals surface area contributed by atoms with E-state index >= 15 is 0 Å². The van der Waals surface area contributed by atoms with E-state index in [2.05, 4.69) is 44.9 Å². The van der Waals surface area contributed by atoms with Gasteiger partial charge in [0.05, 0.1) is 5.52 Å². The highest BCUT2D eigenvalue weighted by Crippen LogP contribution is 2.17. The van der Waals surface area contributed by atoms with Gasteiger partial charge in [0.1, 0.15) is 5.82 Å². The van der Waals surface area contributed by atoms with Crippen molar-refractivity contribution in [1.82, 2.24) is 15.6 Å². The zero-order valence-corrected chi connectivity index (χ0v) is 17.0. The maximum Gasteiger partial charge on any atom is 0.191 e. The molecule has 2 N–H and O–H groups in total. The van der Waals surface area contributed by atoms with Gasteiger partial charge < -0.3 is 10.6 Å². The largest absolute Gasteiger partial charge is 0.356 e. The number of thioether (sulfide) groups is 1. The summed E-state index contributed by atoms with van der Waals surface area (Å²) >= 11 is 1.68. The van der Waals surface area contributed by atoms with E-state index in [1.165, 1.54) is 11.6 Å². The average molecular weight is 397 g/mol. The highest BCUT2D eigenvalue weighted by molar-refractivity contribution is 7.97. The molecule has 0 aliphatic carbocycles. The van der Waals surface area contributed by atoms with Crippen LogP contribution in [0, 0.1) is 5.82 Å². The maximum atomic E-state index is 13.5. The summed E-state index contributed by atoms with van der Waals surface area (Å²) in [5, 5.41) is 7.82. The van der Waals surface area contributed by atoms with Gasteiger partial charge in [0, 0.05) is 37.5 Å². The van der Waals surface area contributed by atoms with Crippen LogP contribution in [0.25, 0.3) is 10.9 Å². The van der Waals surface area contributed by atoms with Gasteiger partial charge in [-0.25, -0.2) is 4.39 Å². The van der Waals surface area contributed by atoms with Crippen LogP contribution in [0.15, 0.2) is 59.7 Å². The number of aliphatic imine (C=N–C) groups is 1. The molecule has 0 spiro atoms. The second-order valence-corrected chi connectivity index (χ2v) is 7.31. The van der Waals surface area contributed by atoms with E-state index in [9.17, 15) is 4.39 Å². The number of rotatable bonds is 7. The summed E-state index contributed by atoms with van der Waals surface area (Å²) in [4.78, 5) is 8.79. The van der Waals surface area contributed by atoms with Crippen molar-refractivity contribution >= 4 is 28.6 Å². The standard InChI is InChI=1S/C22H25FN4S/c1-24-22(27-14-18-8-9-20(23)13-19(18)15-28-2)26-12-10-17-6-3-5-16-7-4-11-25-21(16)17/h3-9,11,13H,10,12,14-15H2,1-2H3,(H2,24,26,27).